The van der Waals surface area contributed by atoms with Crippen LogP contribution in [0.1, 0.15) is 36.4 Å². The summed E-state index contributed by atoms with van der Waals surface area (Å²) in [5, 5.41) is 3.03. The highest BCUT2D eigenvalue weighted by Crippen LogP contribution is 2.35. The number of nitrogens with zero attached hydrogens (tertiary/aromatic N) is 1. The number of hydrogen-bond acceptors (Lipinski definition) is 4. The number of halogens is 3. The van der Waals surface area contributed by atoms with Crippen molar-refractivity contribution in [3.63, 3.8) is 0 Å². The molecular weight excluding hydrogens is 421 g/mol. The number of piperidine rings is 3. The molecule has 3 fully saturated rings. The number of rotatable bonds is 4. The molecule has 1 aliphatic carbocycles. The zero-order chi connectivity index (χ0) is 22.3. The SMILES string of the molecule is O=C(NC1CCc2cc(-c3ccc(OC(F)(F)F)cc3)ccc21)O[C@H]1CN2CCC1CC2. The van der Waals surface area contributed by atoms with Gasteiger partial charge in [0, 0.05) is 6.54 Å². The molecule has 1 amide bonds. The number of aryl methyl sites for hydroxylation is 1. The molecule has 0 radical (unpaired) electrons. The standard InChI is InChI=1S/C24H25F3N2O3/c25-24(26,27)32-19-5-1-15(2-6-19)17-3-7-20-18(13-17)4-8-21(20)28-23(30)31-22-14-29-11-9-16(22)10-12-29/h1-3,5-7,13,16,21-22H,4,8-12,14H2,(H,28,30)/t21?,22-/m0/s1. The molecule has 3 aliphatic heterocycles. The fraction of sp³-hybridized carbons (Fsp3) is 0.458. The predicted molar refractivity (Wildman–Crippen MR) is 112 cm³/mol. The first-order valence-electron chi connectivity index (χ1n) is 11.0. The normalized spacial score (nSPS) is 26.5. The molecule has 0 saturated carbocycles. The van der Waals surface area contributed by atoms with Crippen molar-refractivity contribution in [3.8, 4) is 16.9 Å². The summed E-state index contributed by atoms with van der Waals surface area (Å²) >= 11 is 0. The first-order chi connectivity index (χ1) is 15.3. The number of fused-ring (bicyclic) bond motifs is 4. The van der Waals surface area contributed by atoms with E-state index in [4.69, 9.17) is 4.74 Å². The van der Waals surface area contributed by atoms with Crippen molar-refractivity contribution in [1.82, 2.24) is 10.2 Å². The molecular formula is C24H25F3N2O3. The highest BCUT2D eigenvalue weighted by Gasteiger charge is 2.37. The van der Waals surface area contributed by atoms with E-state index in [0.29, 0.717) is 5.92 Å². The summed E-state index contributed by atoms with van der Waals surface area (Å²) in [6.07, 6.45) is -1.27. The Bertz CT molecular complexity index is 985. The number of ether oxygens (including phenoxy) is 2. The van der Waals surface area contributed by atoms with Gasteiger partial charge in [0.2, 0.25) is 0 Å². The van der Waals surface area contributed by atoms with E-state index in [1.165, 1.54) is 12.1 Å². The maximum atomic E-state index is 12.5. The molecule has 2 atom stereocenters. The first kappa shape index (κ1) is 21.1. The van der Waals surface area contributed by atoms with Gasteiger partial charge in [-0.3, -0.25) is 4.90 Å². The molecule has 3 saturated heterocycles. The summed E-state index contributed by atoms with van der Waals surface area (Å²) in [7, 11) is 0. The van der Waals surface area contributed by atoms with Gasteiger partial charge in [-0.2, -0.15) is 0 Å². The lowest BCUT2D eigenvalue weighted by Crippen LogP contribution is -2.52. The monoisotopic (exact) mass is 446 g/mol. The summed E-state index contributed by atoms with van der Waals surface area (Å²) < 4.78 is 46.7. The van der Waals surface area contributed by atoms with Crippen molar-refractivity contribution < 1.29 is 27.4 Å². The summed E-state index contributed by atoms with van der Waals surface area (Å²) in [5.74, 6) is 0.227. The zero-order valence-electron chi connectivity index (χ0n) is 17.5. The molecule has 1 N–H and O–H groups in total. The average molecular weight is 446 g/mol. The van der Waals surface area contributed by atoms with E-state index < -0.39 is 6.36 Å². The minimum absolute atomic E-state index is 0.0231. The van der Waals surface area contributed by atoms with Gasteiger partial charge in [-0.05, 0) is 79.1 Å². The summed E-state index contributed by atoms with van der Waals surface area (Å²) in [6, 6.07) is 11.7. The third-order valence-electron chi connectivity index (χ3n) is 6.79. The zero-order valence-corrected chi connectivity index (χ0v) is 17.5. The van der Waals surface area contributed by atoms with Gasteiger partial charge in [-0.15, -0.1) is 13.2 Å². The van der Waals surface area contributed by atoms with Gasteiger partial charge >= 0.3 is 12.5 Å². The molecule has 170 valence electrons. The predicted octanol–water partition coefficient (Wildman–Crippen LogP) is 5.06. The lowest BCUT2D eigenvalue weighted by molar-refractivity contribution is -0.274. The van der Waals surface area contributed by atoms with E-state index in [0.717, 1.165) is 67.6 Å². The van der Waals surface area contributed by atoms with Gasteiger partial charge in [-0.25, -0.2) is 4.79 Å². The van der Waals surface area contributed by atoms with E-state index in [1.54, 1.807) is 12.1 Å². The third-order valence-corrected chi connectivity index (χ3v) is 6.79. The highest BCUT2D eigenvalue weighted by atomic mass is 19.4. The van der Waals surface area contributed by atoms with Crippen molar-refractivity contribution >= 4 is 6.09 Å². The van der Waals surface area contributed by atoms with Gasteiger partial charge in [0.05, 0.1) is 6.04 Å². The molecule has 32 heavy (non-hydrogen) atoms. The van der Waals surface area contributed by atoms with Crippen LogP contribution in [0.4, 0.5) is 18.0 Å². The fourth-order valence-corrected chi connectivity index (χ4v) is 5.15. The van der Waals surface area contributed by atoms with Gasteiger partial charge in [0.25, 0.3) is 0 Å². The number of hydrogen-bond donors (Lipinski definition) is 1. The van der Waals surface area contributed by atoms with Crippen LogP contribution in [-0.4, -0.2) is 43.1 Å². The number of benzene rings is 2. The molecule has 8 heteroatoms. The van der Waals surface area contributed by atoms with Crippen molar-refractivity contribution in [1.29, 1.82) is 0 Å². The van der Waals surface area contributed by atoms with Crippen molar-refractivity contribution in [2.24, 2.45) is 5.92 Å². The minimum Gasteiger partial charge on any atom is -0.445 e. The van der Waals surface area contributed by atoms with Crippen LogP contribution in [0.25, 0.3) is 11.1 Å². The Morgan fingerprint density at radius 2 is 1.72 bits per heavy atom. The van der Waals surface area contributed by atoms with Gasteiger partial charge in [-0.1, -0.05) is 30.3 Å². The van der Waals surface area contributed by atoms with E-state index in [2.05, 4.69) is 15.0 Å². The number of carbonyl (C=O) groups is 1. The third kappa shape index (κ3) is 4.55. The number of amides is 1. The molecule has 5 nitrogen and oxygen atoms in total. The van der Waals surface area contributed by atoms with Crippen LogP contribution in [0.3, 0.4) is 0 Å². The Morgan fingerprint density at radius 3 is 2.38 bits per heavy atom. The second-order valence-corrected chi connectivity index (χ2v) is 8.80. The lowest BCUT2D eigenvalue weighted by atomic mass is 9.86. The molecule has 2 aromatic carbocycles. The molecule has 3 heterocycles. The average Bonchev–Trinajstić information content (AvgIpc) is 3.16. The molecule has 6 rings (SSSR count). The summed E-state index contributed by atoms with van der Waals surface area (Å²) in [6.45, 7) is 3.03. The topological polar surface area (TPSA) is 50.8 Å². The smallest absolute Gasteiger partial charge is 0.445 e. The number of carbonyl (C=O) groups excluding carboxylic acids is 1. The Labute approximate surface area is 184 Å². The molecule has 0 aromatic heterocycles. The second kappa shape index (κ2) is 8.31. The lowest BCUT2D eigenvalue weighted by Gasteiger charge is -2.43. The quantitative estimate of drug-likeness (QED) is 0.713. The van der Waals surface area contributed by atoms with E-state index in [-0.39, 0.29) is 24.0 Å². The highest BCUT2D eigenvalue weighted by molar-refractivity contribution is 5.70. The van der Waals surface area contributed by atoms with Crippen LogP contribution in [0.15, 0.2) is 42.5 Å². The van der Waals surface area contributed by atoms with Crippen molar-refractivity contribution in [3.05, 3.63) is 53.6 Å². The summed E-state index contributed by atoms with van der Waals surface area (Å²) in [5.41, 5.74) is 3.92. The Morgan fingerprint density at radius 1 is 1.00 bits per heavy atom. The molecule has 2 bridgehead atoms. The molecule has 4 aliphatic rings. The van der Waals surface area contributed by atoms with Crippen molar-refractivity contribution in [2.75, 3.05) is 19.6 Å². The van der Waals surface area contributed by atoms with Crippen LogP contribution in [0, 0.1) is 5.92 Å². The Balaban J connectivity index is 1.22. The maximum Gasteiger partial charge on any atom is 0.573 e. The Kier molecular flexibility index (Phi) is 5.49. The van der Waals surface area contributed by atoms with Crippen LogP contribution in [-0.2, 0) is 11.2 Å². The largest absolute Gasteiger partial charge is 0.573 e. The van der Waals surface area contributed by atoms with Gasteiger partial charge < -0.3 is 14.8 Å². The van der Waals surface area contributed by atoms with Crippen LogP contribution in [0.5, 0.6) is 5.75 Å². The van der Waals surface area contributed by atoms with Crippen LogP contribution >= 0.6 is 0 Å². The number of nitrogens with one attached hydrogen (secondary N) is 1. The first-order valence-corrected chi connectivity index (χ1v) is 11.0. The second-order valence-electron chi connectivity index (χ2n) is 8.80. The molecule has 0 spiro atoms. The van der Waals surface area contributed by atoms with Gasteiger partial charge in [0.1, 0.15) is 11.9 Å². The van der Waals surface area contributed by atoms with E-state index in [1.807, 2.05) is 18.2 Å². The Hall–Kier alpha value is -2.74. The number of alkyl carbamates (subject to hydrolysis) is 1. The fourth-order valence-electron chi connectivity index (χ4n) is 5.15. The minimum atomic E-state index is -4.70. The van der Waals surface area contributed by atoms with Gasteiger partial charge in [0.15, 0.2) is 0 Å². The van der Waals surface area contributed by atoms with E-state index in [9.17, 15) is 18.0 Å². The summed E-state index contributed by atoms with van der Waals surface area (Å²) in [4.78, 5) is 14.9. The van der Waals surface area contributed by atoms with Crippen molar-refractivity contribution in [2.45, 2.75) is 44.2 Å². The number of alkyl halides is 3. The molecule has 2 aromatic rings. The maximum absolute atomic E-state index is 12.5. The molecule has 1 unspecified atom stereocenters. The van der Waals surface area contributed by atoms with Crippen LogP contribution < -0.4 is 10.1 Å². The van der Waals surface area contributed by atoms with Crippen LogP contribution in [0.2, 0.25) is 0 Å². The van der Waals surface area contributed by atoms with E-state index >= 15 is 0 Å².